The summed E-state index contributed by atoms with van der Waals surface area (Å²) in [6.45, 7) is 6.41. The van der Waals surface area contributed by atoms with Gasteiger partial charge in [-0.15, -0.1) is 0 Å². The minimum absolute atomic E-state index is 0.333. The molecule has 0 spiro atoms. The Balaban J connectivity index is 1.92. The lowest BCUT2D eigenvalue weighted by molar-refractivity contribution is 0.305. The predicted octanol–water partition coefficient (Wildman–Crippen LogP) is 3.57. The van der Waals surface area contributed by atoms with Crippen LogP contribution in [0.3, 0.4) is 0 Å². The third-order valence-corrected chi connectivity index (χ3v) is 3.64. The second-order valence-electron chi connectivity index (χ2n) is 5.38. The van der Waals surface area contributed by atoms with Crippen molar-refractivity contribution in [1.29, 1.82) is 0 Å². The van der Waals surface area contributed by atoms with E-state index in [-0.39, 0.29) is 0 Å². The van der Waals surface area contributed by atoms with Crippen molar-refractivity contribution in [2.75, 3.05) is 5.32 Å². The third-order valence-electron chi connectivity index (χ3n) is 3.64. The molecule has 1 aliphatic rings. The summed E-state index contributed by atoms with van der Waals surface area (Å²) in [6.07, 6.45) is 6.34. The second kappa shape index (κ2) is 5.52. The van der Waals surface area contributed by atoms with Crippen molar-refractivity contribution in [1.82, 2.24) is 10.1 Å². The molecule has 2 rings (SSSR count). The Labute approximate surface area is 103 Å². The molecule has 1 N–H and O–H groups in total. The Bertz CT molecular complexity index is 340. The van der Waals surface area contributed by atoms with Gasteiger partial charge in [0.1, 0.15) is 0 Å². The second-order valence-corrected chi connectivity index (χ2v) is 5.38. The van der Waals surface area contributed by atoms with Crippen molar-refractivity contribution in [3.63, 3.8) is 0 Å². The van der Waals surface area contributed by atoms with E-state index >= 15 is 0 Å². The average molecular weight is 237 g/mol. The van der Waals surface area contributed by atoms with Gasteiger partial charge in [0.05, 0.1) is 0 Å². The lowest BCUT2D eigenvalue weighted by atomic mass is 9.80. The lowest BCUT2D eigenvalue weighted by Crippen LogP contribution is -2.14. The first kappa shape index (κ1) is 12.4. The normalized spacial score (nSPS) is 25.2. The molecular formula is C13H23N3O. The Morgan fingerprint density at radius 1 is 1.29 bits per heavy atom. The molecule has 96 valence electrons. The minimum Gasteiger partial charge on any atom is -0.336 e. The molecule has 4 heteroatoms. The van der Waals surface area contributed by atoms with E-state index in [1.165, 1.54) is 32.1 Å². The lowest BCUT2D eigenvalue weighted by Gasteiger charge is -2.25. The molecular weight excluding hydrogens is 214 g/mol. The molecule has 1 fully saturated rings. The molecule has 17 heavy (non-hydrogen) atoms. The third kappa shape index (κ3) is 3.20. The number of rotatable bonds is 4. The van der Waals surface area contributed by atoms with E-state index < -0.39 is 0 Å². The quantitative estimate of drug-likeness (QED) is 0.869. The smallest absolute Gasteiger partial charge is 0.321 e. The van der Waals surface area contributed by atoms with Crippen molar-refractivity contribution in [3.05, 3.63) is 5.82 Å². The van der Waals surface area contributed by atoms with E-state index in [9.17, 15) is 0 Å². The largest absolute Gasteiger partial charge is 0.336 e. The topological polar surface area (TPSA) is 51.0 Å². The molecule has 0 atom stereocenters. The Morgan fingerprint density at radius 3 is 2.59 bits per heavy atom. The van der Waals surface area contributed by atoms with Crippen molar-refractivity contribution >= 4 is 6.01 Å². The van der Waals surface area contributed by atoms with Gasteiger partial charge in [0.15, 0.2) is 5.82 Å². The van der Waals surface area contributed by atoms with Crippen LogP contribution in [0.2, 0.25) is 0 Å². The summed E-state index contributed by atoms with van der Waals surface area (Å²) in [5, 5.41) is 7.24. The van der Waals surface area contributed by atoms with Gasteiger partial charge < -0.3 is 9.84 Å². The molecule has 0 amide bonds. The fourth-order valence-electron chi connectivity index (χ4n) is 2.54. The van der Waals surface area contributed by atoms with Crippen molar-refractivity contribution in [2.45, 2.75) is 64.8 Å². The van der Waals surface area contributed by atoms with Crippen LogP contribution in [0.5, 0.6) is 0 Å². The van der Waals surface area contributed by atoms with Crippen LogP contribution in [0.15, 0.2) is 4.52 Å². The molecule has 0 radical (unpaired) electrons. The van der Waals surface area contributed by atoms with Gasteiger partial charge in [-0.25, -0.2) is 0 Å². The molecule has 1 aromatic heterocycles. The molecule has 0 saturated heterocycles. The Morgan fingerprint density at radius 2 is 2.00 bits per heavy atom. The SMILES string of the molecule is CCC1CCC(c2noc(NC(C)C)n2)CC1. The number of hydrogen-bond acceptors (Lipinski definition) is 4. The molecule has 1 saturated carbocycles. The van der Waals surface area contributed by atoms with Crippen molar-refractivity contribution in [3.8, 4) is 0 Å². The number of nitrogens with one attached hydrogen (secondary N) is 1. The van der Waals surface area contributed by atoms with Crippen LogP contribution >= 0.6 is 0 Å². The van der Waals surface area contributed by atoms with Gasteiger partial charge in [0.2, 0.25) is 0 Å². The van der Waals surface area contributed by atoms with Crippen LogP contribution in [0.4, 0.5) is 6.01 Å². The zero-order valence-corrected chi connectivity index (χ0v) is 11.1. The number of nitrogens with zero attached hydrogens (tertiary/aromatic N) is 2. The van der Waals surface area contributed by atoms with E-state index in [4.69, 9.17) is 4.52 Å². The van der Waals surface area contributed by atoms with E-state index in [0.29, 0.717) is 18.0 Å². The van der Waals surface area contributed by atoms with Crippen molar-refractivity contribution in [2.24, 2.45) is 5.92 Å². The first-order valence-corrected chi connectivity index (χ1v) is 6.79. The number of hydrogen-bond donors (Lipinski definition) is 1. The first-order valence-electron chi connectivity index (χ1n) is 6.79. The number of anilines is 1. The molecule has 1 heterocycles. The molecule has 1 aliphatic carbocycles. The van der Waals surface area contributed by atoms with Crippen LogP contribution in [-0.2, 0) is 0 Å². The highest BCUT2D eigenvalue weighted by Gasteiger charge is 2.25. The van der Waals surface area contributed by atoms with Crippen LogP contribution in [0.1, 0.15) is 64.6 Å². The van der Waals surface area contributed by atoms with Gasteiger partial charge in [-0.3, -0.25) is 0 Å². The summed E-state index contributed by atoms with van der Waals surface area (Å²) in [5.41, 5.74) is 0. The van der Waals surface area contributed by atoms with E-state index in [0.717, 1.165) is 11.7 Å². The fraction of sp³-hybridized carbons (Fsp3) is 0.846. The Hall–Kier alpha value is -1.06. The summed E-state index contributed by atoms with van der Waals surface area (Å²) in [7, 11) is 0. The zero-order chi connectivity index (χ0) is 12.3. The number of aromatic nitrogens is 2. The molecule has 4 nitrogen and oxygen atoms in total. The van der Waals surface area contributed by atoms with Crippen molar-refractivity contribution < 1.29 is 4.52 Å². The highest BCUT2D eigenvalue weighted by atomic mass is 16.5. The van der Waals surface area contributed by atoms with Gasteiger partial charge >= 0.3 is 6.01 Å². The van der Waals surface area contributed by atoms with Gasteiger partial charge in [0, 0.05) is 12.0 Å². The van der Waals surface area contributed by atoms with Crippen LogP contribution in [0, 0.1) is 5.92 Å². The Kier molecular flexibility index (Phi) is 4.02. The maximum atomic E-state index is 5.21. The van der Waals surface area contributed by atoms with E-state index in [1.807, 2.05) is 0 Å². The van der Waals surface area contributed by atoms with Crippen LogP contribution in [-0.4, -0.2) is 16.2 Å². The van der Waals surface area contributed by atoms with E-state index in [2.05, 4.69) is 36.2 Å². The first-order chi connectivity index (χ1) is 8.19. The molecule has 0 aliphatic heterocycles. The summed E-state index contributed by atoms with van der Waals surface area (Å²) in [6, 6.07) is 0.895. The highest BCUT2D eigenvalue weighted by molar-refractivity contribution is 5.20. The van der Waals surface area contributed by atoms with Crippen LogP contribution < -0.4 is 5.32 Å². The van der Waals surface area contributed by atoms with E-state index in [1.54, 1.807) is 0 Å². The highest BCUT2D eigenvalue weighted by Crippen LogP contribution is 2.35. The monoisotopic (exact) mass is 237 g/mol. The van der Waals surface area contributed by atoms with Gasteiger partial charge in [0.25, 0.3) is 0 Å². The molecule has 0 aromatic carbocycles. The maximum Gasteiger partial charge on any atom is 0.321 e. The molecule has 0 unspecified atom stereocenters. The summed E-state index contributed by atoms with van der Waals surface area (Å²) < 4.78 is 5.21. The zero-order valence-electron chi connectivity index (χ0n) is 11.1. The fourth-order valence-corrected chi connectivity index (χ4v) is 2.54. The molecule has 0 bridgehead atoms. The average Bonchev–Trinajstić information content (AvgIpc) is 2.77. The predicted molar refractivity (Wildman–Crippen MR) is 68.0 cm³/mol. The van der Waals surface area contributed by atoms with Gasteiger partial charge in [-0.1, -0.05) is 18.5 Å². The maximum absolute atomic E-state index is 5.21. The minimum atomic E-state index is 0.333. The summed E-state index contributed by atoms with van der Waals surface area (Å²) >= 11 is 0. The van der Waals surface area contributed by atoms with Gasteiger partial charge in [-0.2, -0.15) is 4.98 Å². The van der Waals surface area contributed by atoms with Crippen LogP contribution in [0.25, 0.3) is 0 Å². The standard InChI is InChI=1S/C13H23N3O/c1-4-10-5-7-11(8-6-10)12-15-13(17-16-12)14-9(2)3/h9-11H,4-8H2,1-3H3,(H,14,15,16). The molecule has 1 aromatic rings. The summed E-state index contributed by atoms with van der Waals surface area (Å²) in [4.78, 5) is 4.44. The van der Waals surface area contributed by atoms with Gasteiger partial charge in [-0.05, 0) is 45.4 Å². The summed E-state index contributed by atoms with van der Waals surface area (Å²) in [5.74, 6) is 2.30.